The normalized spacial score (nSPS) is 15.2. The van der Waals surface area contributed by atoms with Gasteiger partial charge in [-0.2, -0.15) is 0 Å². The number of aromatic nitrogens is 1. The number of carbonyl (C=O) groups is 1. The highest BCUT2D eigenvalue weighted by atomic mass is 32.1. The van der Waals surface area contributed by atoms with Crippen molar-refractivity contribution in [1.29, 1.82) is 0 Å². The van der Waals surface area contributed by atoms with Crippen LogP contribution in [0.2, 0.25) is 0 Å². The maximum atomic E-state index is 12.2. The maximum absolute atomic E-state index is 12.2. The number of rotatable bonds is 3. The molecule has 1 saturated heterocycles. The monoisotopic (exact) mass is 301 g/mol. The Bertz CT molecular complexity index is 615. The molecule has 1 aliphatic heterocycles. The van der Waals surface area contributed by atoms with Crippen LogP contribution in [0.1, 0.15) is 11.3 Å². The summed E-state index contributed by atoms with van der Waals surface area (Å²) >= 11 is 1.60. The molecule has 2 heterocycles. The fraction of sp³-hybridized carbons (Fsp3) is 0.375. The third kappa shape index (κ3) is 3.49. The highest BCUT2D eigenvalue weighted by Gasteiger charge is 2.17. The van der Waals surface area contributed by atoms with Crippen LogP contribution in [-0.4, -0.2) is 42.0 Å². The van der Waals surface area contributed by atoms with E-state index in [1.54, 1.807) is 11.3 Å². The highest BCUT2D eigenvalue weighted by Crippen LogP contribution is 2.24. The molecule has 0 unspecified atom stereocenters. The third-order valence-corrected chi connectivity index (χ3v) is 4.59. The maximum Gasteiger partial charge on any atom is 0.228 e. The number of hydrogen-bond acceptors (Lipinski definition) is 4. The molecular weight excluding hydrogens is 282 g/mol. The van der Waals surface area contributed by atoms with Gasteiger partial charge < -0.3 is 10.2 Å². The molecule has 0 bridgehead atoms. The lowest BCUT2D eigenvalue weighted by molar-refractivity contribution is -0.131. The van der Waals surface area contributed by atoms with Crippen molar-refractivity contribution in [3.8, 4) is 10.6 Å². The first-order valence-corrected chi connectivity index (χ1v) is 8.10. The van der Waals surface area contributed by atoms with Crippen LogP contribution in [0.5, 0.6) is 0 Å². The second kappa shape index (κ2) is 6.37. The van der Waals surface area contributed by atoms with Crippen molar-refractivity contribution >= 4 is 17.2 Å². The van der Waals surface area contributed by atoms with Gasteiger partial charge in [-0.15, -0.1) is 11.3 Å². The first kappa shape index (κ1) is 14.2. The molecule has 110 valence electrons. The summed E-state index contributed by atoms with van der Waals surface area (Å²) in [5.41, 5.74) is 3.23. The van der Waals surface area contributed by atoms with E-state index in [1.165, 1.54) is 5.56 Å². The Hall–Kier alpha value is -1.72. The Balaban J connectivity index is 1.67. The number of benzene rings is 1. The first-order chi connectivity index (χ1) is 10.2. The van der Waals surface area contributed by atoms with Crippen LogP contribution in [0.15, 0.2) is 29.6 Å². The molecule has 1 N–H and O–H groups in total. The van der Waals surface area contributed by atoms with Crippen molar-refractivity contribution in [1.82, 2.24) is 15.2 Å². The van der Waals surface area contributed by atoms with Gasteiger partial charge in [-0.25, -0.2) is 4.98 Å². The molecule has 1 amide bonds. The fourth-order valence-electron chi connectivity index (χ4n) is 2.40. The summed E-state index contributed by atoms with van der Waals surface area (Å²) in [5.74, 6) is 0.178. The zero-order chi connectivity index (χ0) is 14.7. The lowest BCUT2D eigenvalue weighted by Crippen LogP contribution is -2.46. The number of nitrogens with one attached hydrogen (secondary N) is 1. The van der Waals surface area contributed by atoms with Gasteiger partial charge in [0.05, 0.1) is 12.1 Å². The molecule has 1 aromatic carbocycles. The summed E-state index contributed by atoms with van der Waals surface area (Å²) in [6, 6.07) is 8.33. The number of carbonyl (C=O) groups excluding carboxylic acids is 1. The van der Waals surface area contributed by atoms with Crippen LogP contribution in [0.3, 0.4) is 0 Å². The minimum absolute atomic E-state index is 0.178. The van der Waals surface area contributed by atoms with Gasteiger partial charge in [0.15, 0.2) is 0 Å². The standard InChI is InChI=1S/C16H19N3OS/c1-12-2-4-13(5-3-12)16-18-14(11-21-16)10-15(20)19-8-6-17-7-9-19/h2-5,11,17H,6-10H2,1H3. The average Bonchev–Trinajstić information content (AvgIpc) is 2.97. The molecular formula is C16H19N3OS. The summed E-state index contributed by atoms with van der Waals surface area (Å²) < 4.78 is 0. The fourth-order valence-corrected chi connectivity index (χ4v) is 3.22. The Labute approximate surface area is 128 Å². The SMILES string of the molecule is Cc1ccc(-c2nc(CC(=O)N3CCNCC3)cs2)cc1. The largest absolute Gasteiger partial charge is 0.340 e. The van der Waals surface area contributed by atoms with Crippen LogP contribution < -0.4 is 5.32 Å². The molecule has 2 aromatic rings. The molecule has 1 aliphatic rings. The summed E-state index contributed by atoms with van der Waals surface area (Å²) in [7, 11) is 0. The van der Waals surface area contributed by atoms with Crippen molar-refractivity contribution < 1.29 is 4.79 Å². The topological polar surface area (TPSA) is 45.2 Å². The van der Waals surface area contributed by atoms with Crippen molar-refractivity contribution in [2.24, 2.45) is 0 Å². The summed E-state index contributed by atoms with van der Waals surface area (Å²) in [5, 5.41) is 6.24. The number of piperazine rings is 1. The third-order valence-electron chi connectivity index (χ3n) is 3.65. The summed E-state index contributed by atoms with van der Waals surface area (Å²) in [6.45, 7) is 5.44. The van der Waals surface area contributed by atoms with E-state index >= 15 is 0 Å². The van der Waals surface area contributed by atoms with Crippen LogP contribution in [0, 0.1) is 6.92 Å². The van der Waals surface area contributed by atoms with Crippen molar-refractivity contribution in [3.05, 3.63) is 40.9 Å². The van der Waals surface area contributed by atoms with E-state index in [9.17, 15) is 4.79 Å². The Morgan fingerprint density at radius 2 is 2.00 bits per heavy atom. The molecule has 4 nitrogen and oxygen atoms in total. The second-order valence-corrected chi connectivity index (χ2v) is 6.18. The molecule has 0 aliphatic carbocycles. The van der Waals surface area contributed by atoms with E-state index in [-0.39, 0.29) is 5.91 Å². The highest BCUT2D eigenvalue weighted by molar-refractivity contribution is 7.13. The van der Waals surface area contributed by atoms with Crippen LogP contribution in [0.25, 0.3) is 10.6 Å². The summed E-state index contributed by atoms with van der Waals surface area (Å²) in [6.07, 6.45) is 0.405. The minimum Gasteiger partial charge on any atom is -0.340 e. The second-order valence-electron chi connectivity index (χ2n) is 5.32. The average molecular weight is 301 g/mol. The molecule has 0 atom stereocenters. The van der Waals surface area contributed by atoms with Gasteiger partial charge in [0.2, 0.25) is 5.91 Å². The predicted octanol–water partition coefficient (Wildman–Crippen LogP) is 2.09. The van der Waals surface area contributed by atoms with Crippen molar-refractivity contribution in [2.75, 3.05) is 26.2 Å². The molecule has 1 fully saturated rings. The van der Waals surface area contributed by atoms with Gasteiger partial charge in [-0.1, -0.05) is 29.8 Å². The smallest absolute Gasteiger partial charge is 0.228 e. The first-order valence-electron chi connectivity index (χ1n) is 7.22. The minimum atomic E-state index is 0.178. The van der Waals surface area contributed by atoms with Gasteiger partial charge >= 0.3 is 0 Å². The molecule has 3 rings (SSSR count). The number of aryl methyl sites for hydroxylation is 1. The van der Waals surface area contributed by atoms with Gasteiger partial charge in [0.1, 0.15) is 5.01 Å². The zero-order valence-corrected chi connectivity index (χ0v) is 12.9. The zero-order valence-electron chi connectivity index (χ0n) is 12.1. The molecule has 5 heteroatoms. The van der Waals surface area contributed by atoms with Gasteiger partial charge in [0.25, 0.3) is 0 Å². The van der Waals surface area contributed by atoms with E-state index in [4.69, 9.17) is 0 Å². The van der Waals surface area contributed by atoms with E-state index < -0.39 is 0 Å². The number of amides is 1. The molecule has 0 saturated carbocycles. The Morgan fingerprint density at radius 1 is 1.29 bits per heavy atom. The van der Waals surface area contributed by atoms with E-state index in [2.05, 4.69) is 41.5 Å². The van der Waals surface area contributed by atoms with E-state index in [1.807, 2.05) is 10.3 Å². The molecule has 1 aromatic heterocycles. The quantitative estimate of drug-likeness (QED) is 0.944. The van der Waals surface area contributed by atoms with Crippen molar-refractivity contribution in [2.45, 2.75) is 13.3 Å². The Morgan fingerprint density at radius 3 is 2.71 bits per heavy atom. The van der Waals surface area contributed by atoms with Crippen LogP contribution in [0.4, 0.5) is 0 Å². The van der Waals surface area contributed by atoms with Gasteiger partial charge in [-0.05, 0) is 6.92 Å². The molecule has 0 spiro atoms. The van der Waals surface area contributed by atoms with Crippen LogP contribution >= 0.6 is 11.3 Å². The van der Waals surface area contributed by atoms with Crippen molar-refractivity contribution in [3.63, 3.8) is 0 Å². The number of nitrogens with zero attached hydrogens (tertiary/aromatic N) is 2. The lowest BCUT2D eigenvalue weighted by atomic mass is 10.2. The van der Waals surface area contributed by atoms with Gasteiger partial charge in [0, 0.05) is 37.1 Å². The predicted molar refractivity (Wildman–Crippen MR) is 85.4 cm³/mol. The van der Waals surface area contributed by atoms with Crippen LogP contribution in [-0.2, 0) is 11.2 Å². The molecule has 21 heavy (non-hydrogen) atoms. The number of hydrogen-bond donors (Lipinski definition) is 1. The lowest BCUT2D eigenvalue weighted by Gasteiger charge is -2.27. The van der Waals surface area contributed by atoms with E-state index in [0.29, 0.717) is 6.42 Å². The van der Waals surface area contributed by atoms with Gasteiger partial charge in [-0.3, -0.25) is 4.79 Å². The number of thiazole rings is 1. The summed E-state index contributed by atoms with van der Waals surface area (Å²) in [4.78, 5) is 18.7. The Kier molecular flexibility index (Phi) is 4.31. The molecule has 0 radical (unpaired) electrons. The van der Waals surface area contributed by atoms with E-state index in [0.717, 1.165) is 42.4 Å².